The molecule has 0 saturated heterocycles. The fourth-order valence-corrected chi connectivity index (χ4v) is 1.66. The maximum atomic E-state index is 11.8. The van der Waals surface area contributed by atoms with Gasteiger partial charge in [0.15, 0.2) is 0 Å². The summed E-state index contributed by atoms with van der Waals surface area (Å²) in [6, 6.07) is -0.526. The lowest BCUT2D eigenvalue weighted by molar-refractivity contribution is -0.128. The quantitative estimate of drug-likeness (QED) is 0.636. The number of carbonyl (C=O) groups excluding carboxylic acids is 1. The Morgan fingerprint density at radius 2 is 2.07 bits per heavy atom. The van der Waals surface area contributed by atoms with Gasteiger partial charge in [0.25, 0.3) is 0 Å². The first kappa shape index (κ1) is 12.5. The Hall–Kier alpha value is -0.610. The lowest BCUT2D eigenvalue weighted by Crippen LogP contribution is -2.61. The Balaban J connectivity index is 2.55. The second kappa shape index (κ2) is 4.10. The maximum Gasteiger partial charge on any atom is 0.237 e. The van der Waals surface area contributed by atoms with Gasteiger partial charge in [-0.1, -0.05) is 20.8 Å². The summed E-state index contributed by atoms with van der Waals surface area (Å²) in [5, 5.41) is 12.1. The number of nitrogens with two attached hydrogens (primary N) is 1. The van der Waals surface area contributed by atoms with Crippen molar-refractivity contribution in [3.8, 4) is 0 Å². The average molecular weight is 214 g/mol. The molecular weight excluding hydrogens is 192 g/mol. The van der Waals surface area contributed by atoms with E-state index >= 15 is 0 Å². The van der Waals surface area contributed by atoms with Crippen LogP contribution in [0.15, 0.2) is 0 Å². The van der Waals surface area contributed by atoms with E-state index in [1.165, 1.54) is 0 Å². The van der Waals surface area contributed by atoms with Crippen molar-refractivity contribution in [3.05, 3.63) is 0 Å². The van der Waals surface area contributed by atoms with Gasteiger partial charge in [-0.05, 0) is 24.7 Å². The van der Waals surface area contributed by atoms with Crippen LogP contribution in [0, 0.1) is 5.41 Å². The number of carbonyl (C=O) groups is 1. The van der Waals surface area contributed by atoms with Crippen LogP contribution < -0.4 is 11.1 Å². The molecule has 1 atom stereocenters. The molecule has 0 aromatic rings. The Labute approximate surface area is 91.2 Å². The summed E-state index contributed by atoms with van der Waals surface area (Å²) >= 11 is 0. The third kappa shape index (κ3) is 2.69. The van der Waals surface area contributed by atoms with Crippen molar-refractivity contribution < 1.29 is 9.90 Å². The maximum absolute atomic E-state index is 11.8. The van der Waals surface area contributed by atoms with Gasteiger partial charge in [0.05, 0.1) is 18.2 Å². The number of hydrogen-bond acceptors (Lipinski definition) is 3. The summed E-state index contributed by atoms with van der Waals surface area (Å²) in [4.78, 5) is 11.8. The Morgan fingerprint density at radius 1 is 1.53 bits per heavy atom. The van der Waals surface area contributed by atoms with Gasteiger partial charge < -0.3 is 16.2 Å². The van der Waals surface area contributed by atoms with Crippen molar-refractivity contribution >= 4 is 5.91 Å². The molecule has 0 radical (unpaired) electrons. The summed E-state index contributed by atoms with van der Waals surface area (Å²) in [6.45, 7) is 5.81. The topological polar surface area (TPSA) is 75.4 Å². The molecule has 1 amide bonds. The fourth-order valence-electron chi connectivity index (χ4n) is 1.66. The van der Waals surface area contributed by atoms with E-state index in [4.69, 9.17) is 5.73 Å². The molecule has 0 bridgehead atoms. The lowest BCUT2D eigenvalue weighted by Gasteiger charge is -2.42. The highest BCUT2D eigenvalue weighted by molar-refractivity contribution is 5.83. The van der Waals surface area contributed by atoms with Gasteiger partial charge in [-0.25, -0.2) is 0 Å². The summed E-state index contributed by atoms with van der Waals surface area (Å²) in [7, 11) is 0. The van der Waals surface area contributed by atoms with E-state index in [0.717, 1.165) is 19.3 Å². The van der Waals surface area contributed by atoms with Crippen molar-refractivity contribution in [2.45, 2.75) is 51.6 Å². The summed E-state index contributed by atoms with van der Waals surface area (Å²) in [5.74, 6) is -0.156. The predicted octanol–water partition coefficient (Wildman–Crippen LogP) is 0.391. The summed E-state index contributed by atoms with van der Waals surface area (Å²) in [6.07, 6.45) is 2.77. The van der Waals surface area contributed by atoms with Crippen LogP contribution in [0.5, 0.6) is 0 Å². The van der Waals surface area contributed by atoms with E-state index in [1.807, 2.05) is 20.8 Å². The first-order chi connectivity index (χ1) is 6.81. The van der Waals surface area contributed by atoms with Gasteiger partial charge in [0.2, 0.25) is 5.91 Å². The summed E-state index contributed by atoms with van der Waals surface area (Å²) in [5.41, 5.74) is 5.21. The first-order valence-electron chi connectivity index (χ1n) is 5.49. The van der Waals surface area contributed by atoms with Crippen LogP contribution in [0.2, 0.25) is 0 Å². The van der Waals surface area contributed by atoms with Gasteiger partial charge in [-0.2, -0.15) is 0 Å². The molecule has 0 aliphatic heterocycles. The van der Waals surface area contributed by atoms with Crippen molar-refractivity contribution in [1.82, 2.24) is 5.32 Å². The highest BCUT2D eigenvalue weighted by Gasteiger charge is 2.40. The Kier molecular flexibility index (Phi) is 3.41. The van der Waals surface area contributed by atoms with Gasteiger partial charge in [-0.3, -0.25) is 4.79 Å². The molecule has 1 aliphatic carbocycles. The summed E-state index contributed by atoms with van der Waals surface area (Å²) < 4.78 is 0. The molecule has 88 valence electrons. The molecule has 15 heavy (non-hydrogen) atoms. The Morgan fingerprint density at radius 3 is 2.33 bits per heavy atom. The molecule has 1 fully saturated rings. The minimum Gasteiger partial charge on any atom is -0.394 e. The van der Waals surface area contributed by atoms with Crippen molar-refractivity contribution in [3.63, 3.8) is 0 Å². The van der Waals surface area contributed by atoms with Crippen LogP contribution in [-0.2, 0) is 4.79 Å². The zero-order chi connectivity index (χ0) is 11.7. The third-order valence-corrected chi connectivity index (χ3v) is 3.22. The monoisotopic (exact) mass is 214 g/mol. The van der Waals surface area contributed by atoms with E-state index in [-0.39, 0.29) is 23.5 Å². The molecule has 1 aliphatic rings. The number of aliphatic hydroxyl groups is 1. The van der Waals surface area contributed by atoms with Gasteiger partial charge in [0, 0.05) is 0 Å². The van der Waals surface area contributed by atoms with Crippen LogP contribution in [-0.4, -0.2) is 29.2 Å². The van der Waals surface area contributed by atoms with E-state index in [1.54, 1.807) is 0 Å². The first-order valence-corrected chi connectivity index (χ1v) is 5.49. The predicted molar refractivity (Wildman–Crippen MR) is 59.2 cm³/mol. The average Bonchev–Trinajstić information content (AvgIpc) is 2.08. The van der Waals surface area contributed by atoms with E-state index in [9.17, 15) is 9.90 Å². The fraction of sp³-hybridized carbons (Fsp3) is 0.909. The number of amides is 1. The van der Waals surface area contributed by atoms with Crippen LogP contribution in [0.4, 0.5) is 0 Å². The number of rotatable bonds is 3. The molecule has 0 spiro atoms. The lowest BCUT2D eigenvalue weighted by atomic mass is 9.76. The highest BCUT2D eigenvalue weighted by Crippen LogP contribution is 2.31. The third-order valence-electron chi connectivity index (χ3n) is 3.22. The zero-order valence-electron chi connectivity index (χ0n) is 9.84. The largest absolute Gasteiger partial charge is 0.394 e. The van der Waals surface area contributed by atoms with Crippen molar-refractivity contribution in [2.24, 2.45) is 11.1 Å². The van der Waals surface area contributed by atoms with Crippen molar-refractivity contribution in [1.29, 1.82) is 0 Å². The zero-order valence-corrected chi connectivity index (χ0v) is 9.84. The molecule has 0 unspecified atom stereocenters. The standard InChI is InChI=1S/C11H22N2O2/c1-10(2,3)8(12)9(15)13-11(7-14)5-4-6-11/h8,14H,4-7,12H2,1-3H3,(H,13,15)/t8-/m0/s1. The second-order valence-electron chi connectivity index (χ2n) is 5.62. The van der Waals surface area contributed by atoms with E-state index in [0.29, 0.717) is 0 Å². The molecular formula is C11H22N2O2. The number of nitrogens with one attached hydrogen (secondary N) is 1. The van der Waals surface area contributed by atoms with Crippen LogP contribution in [0.1, 0.15) is 40.0 Å². The normalized spacial score (nSPS) is 21.7. The van der Waals surface area contributed by atoms with Gasteiger partial charge in [0.1, 0.15) is 0 Å². The van der Waals surface area contributed by atoms with Crippen LogP contribution in [0.25, 0.3) is 0 Å². The smallest absolute Gasteiger partial charge is 0.237 e. The van der Waals surface area contributed by atoms with E-state index in [2.05, 4.69) is 5.32 Å². The molecule has 0 aromatic heterocycles. The second-order valence-corrected chi connectivity index (χ2v) is 5.62. The van der Waals surface area contributed by atoms with Crippen LogP contribution >= 0.6 is 0 Å². The minimum absolute atomic E-state index is 0.00953. The molecule has 1 rings (SSSR count). The molecule has 1 saturated carbocycles. The van der Waals surface area contributed by atoms with Crippen LogP contribution in [0.3, 0.4) is 0 Å². The number of hydrogen-bond donors (Lipinski definition) is 3. The van der Waals surface area contributed by atoms with Gasteiger partial charge in [-0.15, -0.1) is 0 Å². The number of aliphatic hydroxyl groups excluding tert-OH is 1. The molecule has 4 heteroatoms. The highest BCUT2D eigenvalue weighted by atomic mass is 16.3. The molecule has 0 heterocycles. The van der Waals surface area contributed by atoms with E-state index < -0.39 is 6.04 Å². The Bertz CT molecular complexity index is 236. The molecule has 4 nitrogen and oxygen atoms in total. The van der Waals surface area contributed by atoms with Gasteiger partial charge >= 0.3 is 0 Å². The SMILES string of the molecule is CC(C)(C)[C@@H](N)C(=O)NC1(CO)CCC1. The van der Waals surface area contributed by atoms with Crippen molar-refractivity contribution in [2.75, 3.05) is 6.61 Å². The molecule has 0 aromatic carbocycles. The minimum atomic E-state index is -0.526. The molecule has 4 N–H and O–H groups in total.